The van der Waals surface area contributed by atoms with Gasteiger partial charge in [0.1, 0.15) is 0 Å². The Labute approximate surface area is 171 Å². The molecule has 0 radical (unpaired) electrons. The van der Waals surface area contributed by atoms with E-state index in [1.165, 1.54) is 5.56 Å². The lowest BCUT2D eigenvalue weighted by Gasteiger charge is -2.14. The fraction of sp³-hybridized carbons (Fsp3) is 0.304. The standard InChI is InChI=1S/C23H26ClN3O/c1-16(13-14-19-9-5-4-6-10-19)25-23(28)22-17(2)26-27(18(22)3)15-20-11-7-8-12-21(20)24/h4-12,16H,13-15H2,1-3H3,(H,25,28). The van der Waals surface area contributed by atoms with E-state index >= 15 is 0 Å². The molecule has 1 unspecified atom stereocenters. The van der Waals surface area contributed by atoms with Crippen molar-refractivity contribution in [1.29, 1.82) is 0 Å². The molecule has 1 aromatic heterocycles. The number of aryl methyl sites for hydroxylation is 2. The van der Waals surface area contributed by atoms with Crippen LogP contribution in [-0.4, -0.2) is 21.7 Å². The number of halogens is 1. The van der Waals surface area contributed by atoms with E-state index in [2.05, 4.69) is 22.5 Å². The third-order valence-corrected chi connectivity index (χ3v) is 5.34. The van der Waals surface area contributed by atoms with Crippen LogP contribution >= 0.6 is 11.6 Å². The summed E-state index contributed by atoms with van der Waals surface area (Å²) in [5.41, 5.74) is 4.50. The van der Waals surface area contributed by atoms with Crippen molar-refractivity contribution in [2.75, 3.05) is 0 Å². The largest absolute Gasteiger partial charge is 0.349 e. The van der Waals surface area contributed by atoms with Crippen LogP contribution in [0.2, 0.25) is 5.02 Å². The molecule has 0 fully saturated rings. The van der Waals surface area contributed by atoms with Crippen LogP contribution in [-0.2, 0) is 13.0 Å². The van der Waals surface area contributed by atoms with E-state index in [1.807, 2.05) is 67.9 Å². The van der Waals surface area contributed by atoms with Crippen LogP contribution in [0.1, 0.15) is 46.2 Å². The van der Waals surface area contributed by atoms with Crippen molar-refractivity contribution < 1.29 is 4.79 Å². The molecule has 3 rings (SSSR count). The van der Waals surface area contributed by atoms with Gasteiger partial charge >= 0.3 is 0 Å². The number of aromatic nitrogens is 2. The fourth-order valence-electron chi connectivity index (χ4n) is 3.36. The molecule has 0 saturated carbocycles. The Morgan fingerprint density at radius 2 is 1.79 bits per heavy atom. The van der Waals surface area contributed by atoms with Crippen LogP contribution in [0, 0.1) is 13.8 Å². The van der Waals surface area contributed by atoms with Crippen molar-refractivity contribution in [3.05, 3.63) is 87.7 Å². The van der Waals surface area contributed by atoms with E-state index < -0.39 is 0 Å². The van der Waals surface area contributed by atoms with Crippen molar-refractivity contribution >= 4 is 17.5 Å². The quantitative estimate of drug-likeness (QED) is 0.615. The Morgan fingerprint density at radius 1 is 1.11 bits per heavy atom. The molecular weight excluding hydrogens is 370 g/mol. The number of benzene rings is 2. The van der Waals surface area contributed by atoms with Crippen molar-refractivity contribution in [1.82, 2.24) is 15.1 Å². The summed E-state index contributed by atoms with van der Waals surface area (Å²) in [6.45, 7) is 6.39. The molecule has 1 heterocycles. The van der Waals surface area contributed by atoms with E-state index in [1.54, 1.807) is 0 Å². The van der Waals surface area contributed by atoms with Crippen LogP contribution in [0.15, 0.2) is 54.6 Å². The van der Waals surface area contributed by atoms with Gasteiger partial charge in [-0.1, -0.05) is 60.1 Å². The molecule has 1 N–H and O–H groups in total. The number of carbonyl (C=O) groups excluding carboxylic acids is 1. The molecule has 2 aromatic carbocycles. The molecule has 0 aliphatic rings. The molecule has 0 aliphatic carbocycles. The van der Waals surface area contributed by atoms with Gasteiger partial charge in [0.05, 0.1) is 17.8 Å². The SMILES string of the molecule is Cc1nn(Cc2ccccc2Cl)c(C)c1C(=O)NC(C)CCc1ccccc1. The average Bonchev–Trinajstić information content (AvgIpc) is 2.96. The lowest BCUT2D eigenvalue weighted by molar-refractivity contribution is 0.0937. The lowest BCUT2D eigenvalue weighted by atomic mass is 10.1. The molecule has 0 spiro atoms. The van der Waals surface area contributed by atoms with Gasteiger partial charge in [-0.2, -0.15) is 5.10 Å². The minimum absolute atomic E-state index is 0.0685. The van der Waals surface area contributed by atoms with Crippen LogP contribution < -0.4 is 5.32 Å². The Morgan fingerprint density at radius 3 is 2.50 bits per heavy atom. The average molecular weight is 396 g/mol. The zero-order valence-corrected chi connectivity index (χ0v) is 17.3. The summed E-state index contributed by atoms with van der Waals surface area (Å²) >= 11 is 6.27. The highest BCUT2D eigenvalue weighted by atomic mass is 35.5. The minimum atomic E-state index is -0.0685. The first-order valence-corrected chi connectivity index (χ1v) is 9.95. The van der Waals surface area contributed by atoms with Gasteiger partial charge in [0.15, 0.2) is 0 Å². The van der Waals surface area contributed by atoms with E-state index in [4.69, 9.17) is 11.6 Å². The summed E-state index contributed by atoms with van der Waals surface area (Å²) in [5.74, 6) is -0.0685. The number of hydrogen-bond donors (Lipinski definition) is 1. The van der Waals surface area contributed by atoms with Crippen LogP contribution in [0.3, 0.4) is 0 Å². The van der Waals surface area contributed by atoms with Gasteiger partial charge in [-0.3, -0.25) is 9.48 Å². The fourth-order valence-corrected chi connectivity index (χ4v) is 3.56. The molecule has 146 valence electrons. The van der Waals surface area contributed by atoms with Gasteiger partial charge in [-0.25, -0.2) is 0 Å². The van der Waals surface area contributed by atoms with E-state index in [0.29, 0.717) is 17.1 Å². The first-order valence-electron chi connectivity index (χ1n) is 9.58. The molecule has 28 heavy (non-hydrogen) atoms. The first kappa shape index (κ1) is 20.2. The molecule has 3 aromatic rings. The second kappa shape index (κ2) is 9.07. The third-order valence-electron chi connectivity index (χ3n) is 4.97. The zero-order chi connectivity index (χ0) is 20.1. The van der Waals surface area contributed by atoms with Gasteiger partial charge < -0.3 is 5.32 Å². The summed E-state index contributed by atoms with van der Waals surface area (Å²) in [7, 11) is 0. The number of carbonyl (C=O) groups is 1. The third kappa shape index (κ3) is 4.82. The maximum absolute atomic E-state index is 12.9. The Kier molecular flexibility index (Phi) is 6.53. The summed E-state index contributed by atoms with van der Waals surface area (Å²) in [5, 5.41) is 8.39. The van der Waals surface area contributed by atoms with Crippen molar-refractivity contribution in [3.63, 3.8) is 0 Å². The van der Waals surface area contributed by atoms with E-state index in [0.717, 1.165) is 29.8 Å². The lowest BCUT2D eigenvalue weighted by Crippen LogP contribution is -2.33. The minimum Gasteiger partial charge on any atom is -0.349 e. The van der Waals surface area contributed by atoms with Crippen molar-refractivity contribution in [2.24, 2.45) is 0 Å². The summed E-state index contributed by atoms with van der Waals surface area (Å²) in [4.78, 5) is 12.9. The molecule has 0 saturated heterocycles. The second-order valence-electron chi connectivity index (χ2n) is 7.19. The van der Waals surface area contributed by atoms with Crippen molar-refractivity contribution in [3.8, 4) is 0 Å². The predicted octanol–water partition coefficient (Wildman–Crippen LogP) is 4.95. The number of nitrogens with zero attached hydrogens (tertiary/aromatic N) is 2. The highest BCUT2D eigenvalue weighted by Crippen LogP contribution is 2.19. The normalized spacial score (nSPS) is 12.0. The monoisotopic (exact) mass is 395 g/mol. The molecule has 5 heteroatoms. The second-order valence-corrected chi connectivity index (χ2v) is 7.60. The summed E-state index contributed by atoms with van der Waals surface area (Å²) < 4.78 is 1.85. The van der Waals surface area contributed by atoms with Crippen LogP contribution in [0.4, 0.5) is 0 Å². The number of rotatable bonds is 7. The van der Waals surface area contributed by atoms with Gasteiger partial charge in [0.25, 0.3) is 5.91 Å². The maximum atomic E-state index is 12.9. The highest BCUT2D eigenvalue weighted by Gasteiger charge is 2.20. The van der Waals surface area contributed by atoms with Gasteiger partial charge in [-0.15, -0.1) is 0 Å². The van der Waals surface area contributed by atoms with Crippen LogP contribution in [0.5, 0.6) is 0 Å². The number of nitrogens with one attached hydrogen (secondary N) is 1. The highest BCUT2D eigenvalue weighted by molar-refractivity contribution is 6.31. The molecule has 1 amide bonds. The van der Waals surface area contributed by atoms with E-state index in [9.17, 15) is 4.79 Å². The van der Waals surface area contributed by atoms with Crippen LogP contribution in [0.25, 0.3) is 0 Å². The van der Waals surface area contributed by atoms with E-state index in [-0.39, 0.29) is 11.9 Å². The van der Waals surface area contributed by atoms with Gasteiger partial charge in [0.2, 0.25) is 0 Å². The molecule has 1 atom stereocenters. The summed E-state index contributed by atoms with van der Waals surface area (Å²) in [6, 6.07) is 18.1. The molecule has 0 bridgehead atoms. The zero-order valence-electron chi connectivity index (χ0n) is 16.6. The number of amides is 1. The topological polar surface area (TPSA) is 46.9 Å². The first-order chi connectivity index (χ1) is 13.5. The Hall–Kier alpha value is -2.59. The number of hydrogen-bond acceptors (Lipinski definition) is 2. The van der Waals surface area contributed by atoms with Crippen molar-refractivity contribution in [2.45, 2.75) is 46.2 Å². The molecule has 4 nitrogen and oxygen atoms in total. The van der Waals surface area contributed by atoms with Gasteiger partial charge in [0, 0.05) is 16.8 Å². The molecule has 0 aliphatic heterocycles. The van der Waals surface area contributed by atoms with Gasteiger partial charge in [-0.05, 0) is 50.8 Å². The Bertz CT molecular complexity index is 950. The maximum Gasteiger partial charge on any atom is 0.255 e. The summed E-state index contributed by atoms with van der Waals surface area (Å²) in [6.07, 6.45) is 1.83. The Balaban J connectivity index is 1.66. The smallest absolute Gasteiger partial charge is 0.255 e. The predicted molar refractivity (Wildman–Crippen MR) is 114 cm³/mol. The molecular formula is C23H26ClN3O.